The first-order valence-electron chi connectivity index (χ1n) is 5.56. The molecule has 0 amide bonds. The Morgan fingerprint density at radius 1 is 1.15 bits per heavy atom. The zero-order valence-corrected chi connectivity index (χ0v) is 8.09. The Morgan fingerprint density at radius 3 is 2.31 bits per heavy atom. The summed E-state index contributed by atoms with van der Waals surface area (Å²) in [6.07, 6.45) is 8.87. The van der Waals surface area contributed by atoms with E-state index in [1.54, 1.807) is 0 Å². The first-order valence-corrected chi connectivity index (χ1v) is 5.56. The van der Waals surface area contributed by atoms with Crippen molar-refractivity contribution in [3.05, 3.63) is 0 Å². The Morgan fingerprint density at radius 2 is 1.92 bits per heavy atom. The molecular weight excluding hydrogens is 164 g/mol. The zero-order valence-electron chi connectivity index (χ0n) is 8.09. The number of fused-ring (bicyclic) bond motifs is 1. The van der Waals surface area contributed by atoms with Gasteiger partial charge in [0.25, 0.3) is 0 Å². The van der Waals surface area contributed by atoms with Crippen LogP contribution in [0, 0.1) is 10.8 Å². The molecule has 1 N–H and O–H groups in total. The summed E-state index contributed by atoms with van der Waals surface area (Å²) >= 11 is 0. The predicted octanol–water partition coefficient (Wildman–Crippen LogP) is 1.72. The molecule has 0 saturated heterocycles. The largest absolute Gasteiger partial charge is 0.394 e. The first kappa shape index (κ1) is 8.25. The fourth-order valence-electron chi connectivity index (χ4n) is 3.64. The van der Waals surface area contributed by atoms with Gasteiger partial charge in [0.1, 0.15) is 0 Å². The fraction of sp³-hybridized carbons (Fsp3) is 1.00. The molecule has 0 aromatic heterocycles. The zero-order chi connectivity index (χ0) is 8.94. The highest BCUT2D eigenvalue weighted by atomic mass is 16.5. The quantitative estimate of drug-likeness (QED) is 0.720. The molecule has 3 aliphatic rings. The molecule has 0 radical (unpaired) electrons. The SMILES string of the molecule is OCCO[C@@H]1CC[C@@]12CCC21CC1. The first-order chi connectivity index (χ1) is 6.33. The molecule has 0 bridgehead atoms. The molecule has 13 heavy (non-hydrogen) atoms. The Bertz CT molecular complexity index is 218. The second-order valence-electron chi connectivity index (χ2n) is 5.06. The molecule has 0 heterocycles. The lowest BCUT2D eigenvalue weighted by atomic mass is 9.46. The molecule has 0 aliphatic heterocycles. The van der Waals surface area contributed by atoms with Crippen LogP contribution in [0.3, 0.4) is 0 Å². The van der Waals surface area contributed by atoms with E-state index in [2.05, 4.69) is 0 Å². The van der Waals surface area contributed by atoms with Crippen molar-refractivity contribution >= 4 is 0 Å². The van der Waals surface area contributed by atoms with Crippen LogP contribution >= 0.6 is 0 Å². The van der Waals surface area contributed by atoms with Gasteiger partial charge in [-0.2, -0.15) is 0 Å². The average molecular weight is 182 g/mol. The van der Waals surface area contributed by atoms with Crippen LogP contribution in [0.15, 0.2) is 0 Å². The molecule has 3 aliphatic carbocycles. The summed E-state index contributed by atoms with van der Waals surface area (Å²) in [4.78, 5) is 0. The molecule has 3 saturated carbocycles. The molecular formula is C11H18O2. The minimum atomic E-state index is 0.180. The van der Waals surface area contributed by atoms with E-state index in [9.17, 15) is 0 Å². The maximum atomic E-state index is 8.72. The van der Waals surface area contributed by atoms with Gasteiger partial charge in [0.05, 0.1) is 19.3 Å². The summed E-state index contributed by atoms with van der Waals surface area (Å²) in [5.41, 5.74) is 1.31. The van der Waals surface area contributed by atoms with E-state index in [0.717, 1.165) is 5.41 Å². The topological polar surface area (TPSA) is 29.5 Å². The molecule has 2 nitrogen and oxygen atoms in total. The van der Waals surface area contributed by atoms with Gasteiger partial charge in [-0.05, 0) is 43.9 Å². The van der Waals surface area contributed by atoms with E-state index < -0.39 is 0 Å². The normalized spacial score (nSPS) is 44.5. The minimum Gasteiger partial charge on any atom is -0.394 e. The Hall–Kier alpha value is -0.0800. The predicted molar refractivity (Wildman–Crippen MR) is 49.4 cm³/mol. The summed E-state index contributed by atoms with van der Waals surface area (Å²) < 4.78 is 5.71. The Balaban J connectivity index is 1.65. The summed E-state index contributed by atoms with van der Waals surface area (Å²) in [6, 6.07) is 0. The van der Waals surface area contributed by atoms with Crippen molar-refractivity contribution in [1.29, 1.82) is 0 Å². The van der Waals surface area contributed by atoms with Crippen LogP contribution in [0.25, 0.3) is 0 Å². The molecule has 3 fully saturated rings. The van der Waals surface area contributed by atoms with Gasteiger partial charge in [-0.3, -0.25) is 0 Å². The highest BCUT2D eigenvalue weighted by Gasteiger charge is 2.71. The number of hydrogen-bond donors (Lipinski definition) is 1. The van der Waals surface area contributed by atoms with Gasteiger partial charge in [-0.15, -0.1) is 0 Å². The number of rotatable bonds is 3. The third-order valence-corrected chi connectivity index (χ3v) is 4.84. The summed E-state index contributed by atoms with van der Waals surface area (Å²) in [5, 5.41) is 8.72. The van der Waals surface area contributed by atoms with Crippen molar-refractivity contribution in [1.82, 2.24) is 0 Å². The van der Waals surface area contributed by atoms with Gasteiger partial charge in [0.15, 0.2) is 0 Å². The fourth-order valence-corrected chi connectivity index (χ4v) is 3.64. The van der Waals surface area contributed by atoms with Crippen LogP contribution in [0.2, 0.25) is 0 Å². The minimum absolute atomic E-state index is 0.180. The second kappa shape index (κ2) is 2.48. The van der Waals surface area contributed by atoms with E-state index in [1.165, 1.54) is 38.5 Å². The summed E-state index contributed by atoms with van der Waals surface area (Å²) in [5.74, 6) is 0. The standard InChI is InChI=1S/C11H18O2/c12-7-8-13-9-1-2-11(9)6-5-10(11)3-4-10/h9,12H,1-8H2/t9-,11-/m1/s1. The third-order valence-electron chi connectivity index (χ3n) is 4.84. The Kier molecular flexibility index (Phi) is 1.58. The third kappa shape index (κ3) is 0.861. The second-order valence-corrected chi connectivity index (χ2v) is 5.06. The van der Waals surface area contributed by atoms with Gasteiger partial charge >= 0.3 is 0 Å². The van der Waals surface area contributed by atoms with Crippen molar-refractivity contribution in [2.75, 3.05) is 13.2 Å². The maximum Gasteiger partial charge on any atom is 0.0701 e. The van der Waals surface area contributed by atoms with Crippen LogP contribution in [0.1, 0.15) is 38.5 Å². The van der Waals surface area contributed by atoms with Crippen LogP contribution < -0.4 is 0 Å². The lowest BCUT2D eigenvalue weighted by molar-refractivity contribution is -0.202. The molecule has 3 rings (SSSR count). The van der Waals surface area contributed by atoms with Crippen molar-refractivity contribution in [3.8, 4) is 0 Å². The molecule has 2 spiro atoms. The van der Waals surface area contributed by atoms with Gasteiger partial charge in [-0.1, -0.05) is 0 Å². The molecule has 0 aromatic rings. The van der Waals surface area contributed by atoms with Crippen molar-refractivity contribution < 1.29 is 9.84 Å². The molecule has 2 atom stereocenters. The monoisotopic (exact) mass is 182 g/mol. The van der Waals surface area contributed by atoms with E-state index in [0.29, 0.717) is 18.1 Å². The molecule has 0 unspecified atom stereocenters. The van der Waals surface area contributed by atoms with Gasteiger partial charge in [0.2, 0.25) is 0 Å². The van der Waals surface area contributed by atoms with Crippen molar-refractivity contribution in [2.45, 2.75) is 44.6 Å². The van der Waals surface area contributed by atoms with E-state index in [1.807, 2.05) is 0 Å². The van der Waals surface area contributed by atoms with E-state index in [-0.39, 0.29) is 6.61 Å². The average Bonchev–Trinajstić information content (AvgIpc) is 2.82. The highest BCUT2D eigenvalue weighted by molar-refractivity contribution is 5.21. The van der Waals surface area contributed by atoms with Crippen LogP contribution in [0.5, 0.6) is 0 Å². The summed E-state index contributed by atoms with van der Waals surface area (Å²) in [7, 11) is 0. The van der Waals surface area contributed by atoms with Gasteiger partial charge in [0, 0.05) is 5.41 Å². The van der Waals surface area contributed by atoms with Gasteiger partial charge < -0.3 is 9.84 Å². The van der Waals surface area contributed by atoms with Gasteiger partial charge in [-0.25, -0.2) is 0 Å². The maximum absolute atomic E-state index is 8.72. The van der Waals surface area contributed by atoms with E-state index >= 15 is 0 Å². The van der Waals surface area contributed by atoms with Crippen molar-refractivity contribution in [2.24, 2.45) is 10.8 Å². The smallest absolute Gasteiger partial charge is 0.0701 e. The number of hydrogen-bond acceptors (Lipinski definition) is 2. The Labute approximate surface area is 79.3 Å². The number of aliphatic hydroxyl groups is 1. The van der Waals surface area contributed by atoms with Crippen molar-refractivity contribution in [3.63, 3.8) is 0 Å². The number of ether oxygens (including phenoxy) is 1. The lowest BCUT2D eigenvalue weighted by Gasteiger charge is -2.62. The molecule has 74 valence electrons. The van der Waals surface area contributed by atoms with E-state index in [4.69, 9.17) is 9.84 Å². The summed E-state index contributed by atoms with van der Waals surface area (Å²) in [6.45, 7) is 0.724. The number of aliphatic hydroxyl groups excluding tert-OH is 1. The molecule has 2 heteroatoms. The van der Waals surface area contributed by atoms with Crippen LogP contribution in [-0.4, -0.2) is 24.4 Å². The molecule has 0 aromatic carbocycles. The van der Waals surface area contributed by atoms with Crippen LogP contribution in [-0.2, 0) is 4.74 Å². The lowest BCUT2D eigenvalue weighted by Crippen LogP contribution is -2.58. The highest BCUT2D eigenvalue weighted by Crippen LogP contribution is 2.78. The van der Waals surface area contributed by atoms with Crippen LogP contribution in [0.4, 0.5) is 0 Å².